The zero-order valence-corrected chi connectivity index (χ0v) is 17.2. The first-order chi connectivity index (χ1) is 11.3. The Labute approximate surface area is 145 Å². The van der Waals surface area contributed by atoms with E-state index in [0.29, 0.717) is 0 Å². The summed E-state index contributed by atoms with van der Waals surface area (Å²) in [5.41, 5.74) is 0. The average Bonchev–Trinajstić information content (AvgIpc) is 2.60. The summed E-state index contributed by atoms with van der Waals surface area (Å²) in [4.78, 5) is 0. The van der Waals surface area contributed by atoms with E-state index in [9.17, 15) is 0 Å². The van der Waals surface area contributed by atoms with Gasteiger partial charge in [-0.3, -0.25) is 0 Å². The normalized spacial score (nSPS) is 11.2. The van der Waals surface area contributed by atoms with Crippen LogP contribution in [0.5, 0.6) is 11.5 Å². The van der Waals surface area contributed by atoms with Crippen LogP contribution >= 0.6 is 0 Å². The van der Waals surface area contributed by atoms with E-state index in [4.69, 9.17) is 6.15 Å². The molecule has 0 spiro atoms. The molecule has 124 valence electrons. The van der Waals surface area contributed by atoms with E-state index in [-0.39, 0.29) is 0 Å². The summed E-state index contributed by atoms with van der Waals surface area (Å²) in [6.45, 7) is 4.48. The van der Waals surface area contributed by atoms with Crippen molar-refractivity contribution < 1.29 is 6.15 Å². The maximum absolute atomic E-state index is 6.60. The number of hydrogen-bond acceptors (Lipinski definition) is 2. The molecular weight excluding hydrogens is 391 g/mol. The molecule has 0 aromatic heterocycles. The van der Waals surface area contributed by atoms with Gasteiger partial charge in [0.15, 0.2) is 0 Å². The molecule has 0 saturated heterocycles. The summed E-state index contributed by atoms with van der Waals surface area (Å²) in [6, 6.07) is 20.4. The Hall–Kier alpha value is -1.16. The Bertz CT molecular complexity index is 491. The predicted octanol–water partition coefficient (Wildman–Crippen LogP) is 6.19. The van der Waals surface area contributed by atoms with Gasteiger partial charge in [0.1, 0.15) is 0 Å². The summed E-state index contributed by atoms with van der Waals surface area (Å²) in [5, 5.41) is 0. The third kappa shape index (κ3) is 6.09. The van der Waals surface area contributed by atoms with Crippen LogP contribution in [-0.2, 0) is 0 Å². The minimum atomic E-state index is -3.21. The Morgan fingerprint density at radius 3 is 1.39 bits per heavy atom. The Morgan fingerprint density at radius 2 is 1.04 bits per heavy atom. The second-order valence-electron chi connectivity index (χ2n) is 5.95. The van der Waals surface area contributed by atoms with E-state index in [2.05, 4.69) is 38.1 Å². The molecule has 2 rings (SSSR count). The van der Waals surface area contributed by atoms with Crippen molar-refractivity contribution in [3.63, 3.8) is 0 Å². The van der Waals surface area contributed by atoms with E-state index >= 15 is 0 Å². The van der Waals surface area contributed by atoms with Crippen LogP contribution in [-0.4, -0.2) is 19.2 Å². The van der Waals surface area contributed by atoms with Gasteiger partial charge in [0.2, 0.25) is 0 Å². The van der Waals surface area contributed by atoms with Gasteiger partial charge in [0.25, 0.3) is 0 Å². The molecule has 23 heavy (non-hydrogen) atoms. The van der Waals surface area contributed by atoms with Gasteiger partial charge in [-0.05, 0) is 0 Å². The predicted molar refractivity (Wildman–Crippen MR) is 99.3 cm³/mol. The summed E-state index contributed by atoms with van der Waals surface area (Å²) in [6.07, 6.45) is 4.72. The van der Waals surface area contributed by atoms with Crippen LogP contribution in [0, 0.1) is 0 Å². The molecule has 0 fully saturated rings. The zero-order chi connectivity index (χ0) is 16.4. The summed E-state index contributed by atoms with van der Waals surface area (Å²) in [5.74, 6) is 1.93. The Balaban J connectivity index is 2.24. The first-order valence-electron chi connectivity index (χ1n) is 8.76. The van der Waals surface area contributed by atoms with Gasteiger partial charge in [0.05, 0.1) is 0 Å². The van der Waals surface area contributed by atoms with Crippen LogP contribution in [0.4, 0.5) is 0 Å². The first kappa shape index (κ1) is 18.2. The third-order valence-electron chi connectivity index (χ3n) is 3.92. The van der Waals surface area contributed by atoms with Crippen LogP contribution in [0.15, 0.2) is 60.7 Å². The van der Waals surface area contributed by atoms with Crippen molar-refractivity contribution in [3.05, 3.63) is 60.7 Å². The van der Waals surface area contributed by atoms with Crippen molar-refractivity contribution in [3.8, 4) is 11.5 Å². The zero-order valence-electron chi connectivity index (χ0n) is 14.3. The van der Waals surface area contributed by atoms with Crippen LogP contribution in [0.2, 0.25) is 8.87 Å². The standard InChI is InChI=1S/2C6H6O.2C4H9.Sn/c2*7-6-4-2-1-3-5-6;2*1-3-4-2;/h2*1-5,7H;2*1,3-4H2,2H3;/q;;;;+2/p-2. The third-order valence-corrected chi connectivity index (χ3v) is 13.8. The molecule has 2 aromatic carbocycles. The van der Waals surface area contributed by atoms with E-state index in [0.717, 1.165) is 20.4 Å². The molecule has 0 radical (unpaired) electrons. The van der Waals surface area contributed by atoms with Gasteiger partial charge in [-0.2, -0.15) is 0 Å². The number of unbranched alkanes of at least 4 members (excludes halogenated alkanes) is 2. The summed E-state index contributed by atoms with van der Waals surface area (Å²) < 4.78 is 15.4. The second kappa shape index (κ2) is 9.86. The molecule has 2 aromatic rings. The quantitative estimate of drug-likeness (QED) is 0.428. The molecule has 0 saturated carbocycles. The van der Waals surface area contributed by atoms with Gasteiger partial charge in [-0.1, -0.05) is 0 Å². The van der Waals surface area contributed by atoms with E-state index in [1.807, 2.05) is 36.4 Å². The van der Waals surface area contributed by atoms with Crippen molar-refractivity contribution in [1.82, 2.24) is 0 Å². The van der Waals surface area contributed by atoms with Crippen molar-refractivity contribution in [2.24, 2.45) is 0 Å². The number of rotatable bonds is 10. The van der Waals surface area contributed by atoms with Crippen molar-refractivity contribution in [1.29, 1.82) is 0 Å². The maximum atomic E-state index is 6.60. The van der Waals surface area contributed by atoms with Crippen molar-refractivity contribution in [2.45, 2.75) is 48.4 Å². The van der Waals surface area contributed by atoms with Crippen LogP contribution < -0.4 is 6.15 Å². The molecule has 0 aliphatic carbocycles. The van der Waals surface area contributed by atoms with Gasteiger partial charge in [0, 0.05) is 0 Å². The fourth-order valence-corrected chi connectivity index (χ4v) is 13.0. The molecule has 2 nitrogen and oxygen atoms in total. The Morgan fingerprint density at radius 1 is 0.652 bits per heavy atom. The second-order valence-corrected chi connectivity index (χ2v) is 15.2. The van der Waals surface area contributed by atoms with Crippen molar-refractivity contribution in [2.75, 3.05) is 0 Å². The van der Waals surface area contributed by atoms with Gasteiger partial charge >= 0.3 is 146 Å². The van der Waals surface area contributed by atoms with Crippen LogP contribution in [0.1, 0.15) is 39.5 Å². The Kier molecular flexibility index (Phi) is 7.80. The van der Waals surface area contributed by atoms with Crippen LogP contribution in [0.3, 0.4) is 0 Å². The summed E-state index contributed by atoms with van der Waals surface area (Å²) >= 11 is -3.21. The van der Waals surface area contributed by atoms with E-state index in [1.54, 1.807) is 0 Å². The van der Waals surface area contributed by atoms with E-state index in [1.165, 1.54) is 25.7 Å². The number of benzene rings is 2. The molecular formula is C20H28O2Sn. The monoisotopic (exact) mass is 420 g/mol. The molecule has 0 N–H and O–H groups in total. The van der Waals surface area contributed by atoms with Gasteiger partial charge < -0.3 is 0 Å². The van der Waals surface area contributed by atoms with E-state index < -0.39 is 19.2 Å². The SMILES string of the molecule is CCC[CH2][Sn]([CH2]CCC)([O]c1ccccc1)[O]c1ccccc1. The first-order valence-corrected chi connectivity index (χ1v) is 15.1. The fourth-order valence-electron chi connectivity index (χ4n) is 2.65. The number of para-hydroxylation sites is 2. The molecule has 0 heterocycles. The molecule has 0 aliphatic rings. The fraction of sp³-hybridized carbons (Fsp3) is 0.400. The van der Waals surface area contributed by atoms with Gasteiger partial charge in [-0.15, -0.1) is 0 Å². The van der Waals surface area contributed by atoms with Crippen LogP contribution in [0.25, 0.3) is 0 Å². The molecule has 0 unspecified atom stereocenters. The topological polar surface area (TPSA) is 18.5 Å². The molecule has 3 heteroatoms. The average molecular weight is 419 g/mol. The molecule has 0 amide bonds. The molecule has 0 aliphatic heterocycles. The molecule has 0 atom stereocenters. The molecule has 0 bridgehead atoms. The van der Waals surface area contributed by atoms with Crippen molar-refractivity contribution >= 4 is 19.2 Å². The number of hydrogen-bond donors (Lipinski definition) is 0. The minimum absolute atomic E-state index is 0.964. The van der Waals surface area contributed by atoms with Gasteiger partial charge in [-0.25, -0.2) is 0 Å². The summed E-state index contributed by atoms with van der Waals surface area (Å²) in [7, 11) is 0.